The highest BCUT2D eigenvalue weighted by atomic mass is 16.3. The SMILES string of the molecule is CC(C)(C)c1ccc(N2B3c4oc5cc6c(cc5c4N(c4ccc(C(C)(C)C)cc4-c4ccccc4)c4c3c(cc3c4oc4ccccc43)-c3cc4c(cc32)C(C)(C)c2ccccc2-4)C(C)(C)CCC6(C)C)cc1. The van der Waals surface area contributed by atoms with Gasteiger partial charge in [-0.1, -0.05) is 174 Å². The number of furan rings is 2. The van der Waals surface area contributed by atoms with E-state index in [9.17, 15) is 0 Å². The van der Waals surface area contributed by atoms with Gasteiger partial charge in [-0.05, 0) is 156 Å². The van der Waals surface area contributed by atoms with E-state index in [1.165, 1.54) is 77.9 Å². The van der Waals surface area contributed by atoms with Crippen molar-refractivity contribution in [3.05, 3.63) is 185 Å². The summed E-state index contributed by atoms with van der Waals surface area (Å²) >= 11 is 0. The molecule has 0 fully saturated rings. The van der Waals surface area contributed by atoms with E-state index < -0.39 is 0 Å². The molecule has 0 atom stereocenters. The van der Waals surface area contributed by atoms with Crippen molar-refractivity contribution in [3.63, 3.8) is 0 Å². The highest BCUT2D eigenvalue weighted by molar-refractivity contribution is 6.93. The molecule has 10 aromatic rings. The molecule has 0 saturated carbocycles. The molecule has 0 bridgehead atoms. The second kappa shape index (κ2) is 15.0. The molecule has 0 spiro atoms. The van der Waals surface area contributed by atoms with Crippen LogP contribution in [0.5, 0.6) is 0 Å². The molecule has 4 aliphatic rings. The Hall–Kier alpha value is -7.24. The molecule has 4 heterocycles. The molecule has 0 saturated heterocycles. The lowest BCUT2D eigenvalue weighted by molar-refractivity contribution is 0.332. The molecule has 0 unspecified atom stereocenters. The molecule has 0 radical (unpaired) electrons. The Morgan fingerprint density at radius 1 is 0.459 bits per heavy atom. The molecule has 14 rings (SSSR count). The molecular formula is C69H65BN2O2. The van der Waals surface area contributed by atoms with E-state index >= 15 is 0 Å². The number of rotatable bonds is 3. The maximum Gasteiger partial charge on any atom is 0.376 e. The van der Waals surface area contributed by atoms with E-state index in [1.54, 1.807) is 0 Å². The Balaban J connectivity index is 1.19. The largest absolute Gasteiger partial charge is 0.466 e. The summed E-state index contributed by atoms with van der Waals surface area (Å²) in [4.78, 5) is 5.22. The van der Waals surface area contributed by atoms with Gasteiger partial charge in [-0.2, -0.15) is 0 Å². The minimum Gasteiger partial charge on any atom is -0.466 e. The van der Waals surface area contributed by atoms with E-state index in [1.807, 2.05) is 0 Å². The van der Waals surface area contributed by atoms with Gasteiger partial charge < -0.3 is 18.5 Å². The predicted octanol–water partition coefficient (Wildman–Crippen LogP) is 18.0. The summed E-state index contributed by atoms with van der Waals surface area (Å²) in [6.45, 7) is 28.0. The van der Waals surface area contributed by atoms with Gasteiger partial charge in [-0.3, -0.25) is 0 Å². The average molecular weight is 965 g/mol. The fourth-order valence-electron chi connectivity index (χ4n) is 13.6. The van der Waals surface area contributed by atoms with Crippen molar-refractivity contribution in [3.8, 4) is 33.4 Å². The van der Waals surface area contributed by atoms with Crippen molar-refractivity contribution in [2.24, 2.45) is 0 Å². The lowest BCUT2D eigenvalue weighted by Gasteiger charge is -2.44. The van der Waals surface area contributed by atoms with Crippen LogP contribution in [0.1, 0.15) is 129 Å². The van der Waals surface area contributed by atoms with E-state index in [-0.39, 0.29) is 33.9 Å². The highest BCUT2D eigenvalue weighted by Crippen LogP contribution is 2.58. The van der Waals surface area contributed by atoms with Crippen LogP contribution in [0.25, 0.3) is 66.3 Å². The van der Waals surface area contributed by atoms with E-state index in [2.05, 4.69) is 244 Å². The van der Waals surface area contributed by atoms with Gasteiger partial charge in [0, 0.05) is 44.1 Å². The summed E-state index contributed by atoms with van der Waals surface area (Å²) in [6.07, 6.45) is 2.23. The van der Waals surface area contributed by atoms with E-state index in [0.29, 0.717) is 0 Å². The third-order valence-corrected chi connectivity index (χ3v) is 18.0. The minimum atomic E-state index is -0.360. The van der Waals surface area contributed by atoms with Gasteiger partial charge in [-0.25, -0.2) is 0 Å². The van der Waals surface area contributed by atoms with Crippen molar-refractivity contribution in [2.75, 3.05) is 9.71 Å². The summed E-state index contributed by atoms with van der Waals surface area (Å²) in [5.74, 6) is 0. The Bertz CT molecular complexity index is 4020. The first-order valence-electron chi connectivity index (χ1n) is 27.0. The first-order valence-corrected chi connectivity index (χ1v) is 27.0. The molecule has 0 amide bonds. The number of anilines is 5. The molecule has 74 heavy (non-hydrogen) atoms. The van der Waals surface area contributed by atoms with Crippen LogP contribution in [-0.2, 0) is 27.1 Å². The second-order valence-electron chi connectivity index (χ2n) is 26.0. The van der Waals surface area contributed by atoms with Crippen LogP contribution in [-0.4, -0.2) is 6.85 Å². The highest BCUT2D eigenvalue weighted by Gasteiger charge is 2.52. The van der Waals surface area contributed by atoms with E-state index in [0.717, 1.165) is 74.2 Å². The summed E-state index contributed by atoms with van der Waals surface area (Å²) in [5.41, 5.74) is 25.4. The van der Waals surface area contributed by atoms with Gasteiger partial charge in [0.1, 0.15) is 16.8 Å². The van der Waals surface area contributed by atoms with Crippen molar-refractivity contribution in [1.29, 1.82) is 0 Å². The van der Waals surface area contributed by atoms with Gasteiger partial charge >= 0.3 is 6.85 Å². The van der Waals surface area contributed by atoms with Crippen molar-refractivity contribution < 1.29 is 8.83 Å². The quantitative estimate of drug-likeness (QED) is 0.165. The molecule has 8 aromatic carbocycles. The topological polar surface area (TPSA) is 32.8 Å². The molecule has 2 aromatic heterocycles. The monoisotopic (exact) mass is 965 g/mol. The zero-order chi connectivity index (χ0) is 51.2. The first kappa shape index (κ1) is 45.4. The summed E-state index contributed by atoms with van der Waals surface area (Å²) in [5, 5.41) is 3.35. The lowest BCUT2D eigenvalue weighted by Crippen LogP contribution is -2.61. The normalized spacial score (nSPS) is 16.8. The molecule has 2 aliphatic carbocycles. The maximum atomic E-state index is 7.83. The van der Waals surface area contributed by atoms with Crippen LogP contribution in [0.4, 0.5) is 28.4 Å². The molecular weight excluding hydrogens is 900 g/mol. The Morgan fingerprint density at radius 3 is 1.85 bits per heavy atom. The molecule has 4 nitrogen and oxygen atoms in total. The standard InChI is InChI=1S/C69H65BN2O2/c1-65(2,3)41-26-29-43(30-27-41)72-57-38-53-47(44-22-16-18-24-52(44)69(53,11)12)35-48(57)49-36-50-45-23-17-19-25-58(45)73-63(50)62-60(49)70(72)64-61(51-37-54-55(39-59(51)74-64)68(9,10)33-32-67(54,7)8)71(62)56-31-28-42(66(4,5)6)34-46(56)40-20-14-13-15-21-40/h13-31,34-39H,32-33H2,1-12H3. The Kier molecular flexibility index (Phi) is 9.18. The van der Waals surface area contributed by atoms with Crippen LogP contribution >= 0.6 is 0 Å². The summed E-state index contributed by atoms with van der Waals surface area (Å²) in [7, 11) is 0. The Labute approximate surface area is 437 Å². The molecule has 0 N–H and O–H groups in total. The van der Waals surface area contributed by atoms with Crippen molar-refractivity contribution in [2.45, 2.75) is 123 Å². The summed E-state index contributed by atoms with van der Waals surface area (Å²) < 4.78 is 15.2. The number of para-hydroxylation sites is 1. The minimum absolute atomic E-state index is 0.0127. The number of nitrogens with zero attached hydrogens (tertiary/aromatic N) is 2. The Morgan fingerprint density at radius 2 is 1.12 bits per heavy atom. The van der Waals surface area contributed by atoms with Crippen LogP contribution in [0, 0.1) is 0 Å². The number of fused-ring (bicyclic) bond motifs is 14. The van der Waals surface area contributed by atoms with Gasteiger partial charge in [0.15, 0.2) is 5.58 Å². The van der Waals surface area contributed by atoms with Crippen LogP contribution in [0.3, 0.4) is 0 Å². The number of hydrogen-bond donors (Lipinski definition) is 0. The fourth-order valence-corrected chi connectivity index (χ4v) is 13.6. The first-order chi connectivity index (χ1) is 35.2. The van der Waals surface area contributed by atoms with Crippen molar-refractivity contribution >= 4 is 79.3 Å². The molecule has 2 aliphatic heterocycles. The zero-order valence-electron chi connectivity index (χ0n) is 45.1. The third kappa shape index (κ3) is 6.28. The van der Waals surface area contributed by atoms with Crippen LogP contribution < -0.4 is 20.8 Å². The zero-order valence-corrected chi connectivity index (χ0v) is 45.1. The summed E-state index contributed by atoms with van der Waals surface area (Å²) in [6, 6.07) is 57.8. The van der Waals surface area contributed by atoms with Gasteiger partial charge in [0.25, 0.3) is 0 Å². The number of benzene rings is 8. The van der Waals surface area contributed by atoms with Crippen LogP contribution in [0.2, 0.25) is 0 Å². The lowest BCUT2D eigenvalue weighted by atomic mass is 9.45. The van der Waals surface area contributed by atoms with Crippen molar-refractivity contribution in [1.82, 2.24) is 0 Å². The maximum absolute atomic E-state index is 7.83. The smallest absolute Gasteiger partial charge is 0.376 e. The van der Waals surface area contributed by atoms with Gasteiger partial charge in [-0.15, -0.1) is 0 Å². The molecule has 5 heteroatoms. The number of hydrogen-bond acceptors (Lipinski definition) is 4. The predicted molar refractivity (Wildman–Crippen MR) is 313 cm³/mol. The van der Waals surface area contributed by atoms with Crippen LogP contribution in [0.15, 0.2) is 160 Å². The third-order valence-electron chi connectivity index (χ3n) is 18.0. The second-order valence-corrected chi connectivity index (χ2v) is 26.0. The molecule has 366 valence electrons. The van der Waals surface area contributed by atoms with E-state index in [4.69, 9.17) is 8.83 Å². The average Bonchev–Trinajstić information content (AvgIpc) is 4.06. The fraction of sp³-hybridized carbons (Fsp3) is 0.275. The van der Waals surface area contributed by atoms with Gasteiger partial charge in [0.2, 0.25) is 0 Å². The van der Waals surface area contributed by atoms with Gasteiger partial charge in [0.05, 0.1) is 17.1 Å².